The zero-order valence-corrected chi connectivity index (χ0v) is 18.0. The molecule has 0 spiro atoms. The van der Waals surface area contributed by atoms with Gasteiger partial charge in [-0.15, -0.1) is 0 Å². The van der Waals surface area contributed by atoms with Gasteiger partial charge in [0.25, 0.3) is 5.91 Å². The second-order valence-electron chi connectivity index (χ2n) is 7.59. The number of carbonyl (C=O) groups excluding carboxylic acids is 2. The summed E-state index contributed by atoms with van der Waals surface area (Å²) in [5.41, 5.74) is 0.705. The lowest BCUT2D eigenvalue weighted by Crippen LogP contribution is -2.48. The van der Waals surface area contributed by atoms with Crippen LogP contribution < -0.4 is 0 Å². The zero-order chi connectivity index (χ0) is 20.4. The molecule has 2 amide bonds. The molecule has 0 radical (unpaired) electrons. The molecule has 1 aromatic rings. The minimum Gasteiger partial charge on any atom is -0.334 e. The summed E-state index contributed by atoms with van der Waals surface area (Å²) in [6.45, 7) is 6.95. The van der Waals surface area contributed by atoms with Crippen molar-refractivity contribution in [1.82, 2.24) is 19.6 Å². The summed E-state index contributed by atoms with van der Waals surface area (Å²) in [5.74, 6) is -0.634. The van der Waals surface area contributed by atoms with Crippen LogP contribution in [-0.2, 0) is 32.4 Å². The summed E-state index contributed by atoms with van der Waals surface area (Å²) in [7, 11) is 0.915. The van der Waals surface area contributed by atoms with Crippen molar-refractivity contribution in [3.63, 3.8) is 0 Å². The highest BCUT2D eigenvalue weighted by Crippen LogP contribution is 2.24. The van der Waals surface area contributed by atoms with E-state index >= 15 is 0 Å². The molecular weight excluding hydrogens is 366 g/mol. The molecule has 8 nitrogen and oxygen atoms in total. The molecule has 0 saturated carbocycles. The molecule has 1 aliphatic rings. The van der Waals surface area contributed by atoms with Crippen LogP contribution in [0.3, 0.4) is 0 Å². The monoisotopic (exact) mass is 397 g/mol. The van der Waals surface area contributed by atoms with Crippen molar-refractivity contribution in [1.29, 1.82) is 0 Å². The fourth-order valence-electron chi connectivity index (χ4n) is 3.14. The first kappa shape index (κ1) is 21.6. The summed E-state index contributed by atoms with van der Waals surface area (Å²) >= 11 is 0. The Kier molecular flexibility index (Phi) is 6.80. The fraction of sp³-hybridized carbons (Fsp3) is 0.722. The number of rotatable bonds is 6. The largest absolute Gasteiger partial charge is 0.334 e. The van der Waals surface area contributed by atoms with E-state index in [-0.39, 0.29) is 23.8 Å². The van der Waals surface area contributed by atoms with E-state index in [1.165, 1.54) is 12.5 Å². The summed E-state index contributed by atoms with van der Waals surface area (Å²) < 4.78 is 18.8. The van der Waals surface area contributed by atoms with Crippen molar-refractivity contribution in [2.24, 2.45) is 10.3 Å². The van der Waals surface area contributed by atoms with Crippen molar-refractivity contribution in [2.75, 3.05) is 26.9 Å². The Morgan fingerprint density at radius 1 is 1.33 bits per heavy atom. The average Bonchev–Trinajstić information content (AvgIpc) is 3.02. The normalized spacial score (nSPS) is 17.6. The topological polar surface area (TPSA) is 87.9 Å². The van der Waals surface area contributed by atoms with Gasteiger partial charge in [0, 0.05) is 18.7 Å². The smallest absolute Gasteiger partial charge is 0.256 e. The first-order valence-electron chi connectivity index (χ1n) is 9.34. The predicted octanol–water partition coefficient (Wildman–Crippen LogP) is 1.59. The van der Waals surface area contributed by atoms with Gasteiger partial charge < -0.3 is 4.90 Å². The van der Waals surface area contributed by atoms with Crippen LogP contribution in [0, 0.1) is 5.92 Å². The minimum absolute atomic E-state index is 0.0676. The summed E-state index contributed by atoms with van der Waals surface area (Å²) in [4.78, 5) is 29.2. The molecule has 2 heterocycles. The lowest BCUT2D eigenvalue weighted by atomic mass is 10.1. The molecule has 2 atom stereocenters. The second kappa shape index (κ2) is 8.52. The van der Waals surface area contributed by atoms with Gasteiger partial charge in [-0.05, 0) is 20.5 Å². The van der Waals surface area contributed by atoms with Crippen molar-refractivity contribution in [3.8, 4) is 0 Å². The Balaban J connectivity index is 2.33. The lowest BCUT2D eigenvalue weighted by Gasteiger charge is -2.33. The number of hydrogen-bond donors (Lipinski definition) is 0. The van der Waals surface area contributed by atoms with Gasteiger partial charge in [0.1, 0.15) is 0 Å². The van der Waals surface area contributed by atoms with Crippen molar-refractivity contribution in [3.05, 3.63) is 11.9 Å². The zero-order valence-electron chi connectivity index (χ0n) is 17.1. The minimum atomic E-state index is -2.90. The van der Waals surface area contributed by atoms with Crippen LogP contribution in [-0.4, -0.2) is 68.5 Å². The molecule has 9 heteroatoms. The van der Waals surface area contributed by atoms with Crippen LogP contribution in [0.4, 0.5) is 0 Å². The Morgan fingerprint density at radius 2 is 2.00 bits per heavy atom. The summed E-state index contributed by atoms with van der Waals surface area (Å²) in [5, 5.41) is 4.30. The SMILES string of the molecule is CCCC(C(=O)N1CCn2ncc(S(C)(=O)=NC(=O)C(C)C)c2C1)N(C)C. The molecule has 0 aliphatic carbocycles. The molecule has 0 bridgehead atoms. The molecular formula is C18H31N5O3S. The van der Waals surface area contributed by atoms with E-state index in [0.29, 0.717) is 30.2 Å². The number of carbonyl (C=O) groups is 2. The first-order valence-corrected chi connectivity index (χ1v) is 11.3. The third-order valence-electron chi connectivity index (χ3n) is 4.78. The van der Waals surface area contributed by atoms with Gasteiger partial charge in [-0.3, -0.25) is 19.2 Å². The van der Waals surface area contributed by atoms with Crippen LogP contribution in [0.25, 0.3) is 0 Å². The second-order valence-corrected chi connectivity index (χ2v) is 9.82. The van der Waals surface area contributed by atoms with Crippen LogP contribution in [0.15, 0.2) is 15.5 Å². The van der Waals surface area contributed by atoms with E-state index in [0.717, 1.165) is 12.8 Å². The molecule has 2 rings (SSSR count). The van der Waals surface area contributed by atoms with Gasteiger partial charge in [-0.1, -0.05) is 27.2 Å². The van der Waals surface area contributed by atoms with E-state index < -0.39 is 9.73 Å². The van der Waals surface area contributed by atoms with E-state index in [9.17, 15) is 13.8 Å². The predicted molar refractivity (Wildman–Crippen MR) is 105 cm³/mol. The van der Waals surface area contributed by atoms with Crippen molar-refractivity contribution >= 4 is 21.5 Å². The van der Waals surface area contributed by atoms with E-state index in [1.807, 2.05) is 19.0 Å². The molecule has 27 heavy (non-hydrogen) atoms. The van der Waals surface area contributed by atoms with Crippen LogP contribution in [0.1, 0.15) is 39.3 Å². The number of amides is 2. The number of likely N-dealkylation sites (N-methyl/N-ethyl adjacent to an activating group) is 1. The van der Waals surface area contributed by atoms with Gasteiger partial charge in [0.2, 0.25) is 5.91 Å². The van der Waals surface area contributed by atoms with Gasteiger partial charge >= 0.3 is 0 Å². The van der Waals surface area contributed by atoms with Crippen LogP contribution >= 0.6 is 0 Å². The lowest BCUT2D eigenvalue weighted by molar-refractivity contribution is -0.138. The molecule has 2 unspecified atom stereocenters. The van der Waals surface area contributed by atoms with E-state index in [4.69, 9.17) is 0 Å². The van der Waals surface area contributed by atoms with Gasteiger partial charge in [-0.2, -0.15) is 9.46 Å². The average molecular weight is 398 g/mol. The van der Waals surface area contributed by atoms with Crippen LogP contribution in [0.5, 0.6) is 0 Å². The molecule has 0 fully saturated rings. The summed E-state index contributed by atoms with van der Waals surface area (Å²) in [6, 6.07) is -0.175. The third-order valence-corrected chi connectivity index (χ3v) is 6.47. The highest BCUT2D eigenvalue weighted by molar-refractivity contribution is 7.93. The fourth-order valence-corrected chi connectivity index (χ4v) is 4.64. The van der Waals surface area contributed by atoms with Gasteiger partial charge in [0.15, 0.2) is 0 Å². The van der Waals surface area contributed by atoms with Gasteiger partial charge in [0.05, 0.1) is 45.6 Å². The third kappa shape index (κ3) is 4.76. The summed E-state index contributed by atoms with van der Waals surface area (Å²) in [6.07, 6.45) is 4.70. The van der Waals surface area contributed by atoms with E-state index in [1.54, 1.807) is 23.4 Å². The molecule has 0 saturated heterocycles. The van der Waals surface area contributed by atoms with Crippen molar-refractivity contribution < 1.29 is 13.8 Å². The molecule has 1 aliphatic heterocycles. The Labute approximate surface area is 162 Å². The number of hydrogen-bond acceptors (Lipinski definition) is 5. The first-order chi connectivity index (χ1) is 12.6. The Hall–Kier alpha value is -1.74. The maximum atomic E-state index is 13.1. The van der Waals surface area contributed by atoms with Crippen molar-refractivity contribution in [2.45, 2.75) is 57.6 Å². The maximum absolute atomic E-state index is 13.1. The Morgan fingerprint density at radius 3 is 2.56 bits per heavy atom. The van der Waals surface area contributed by atoms with Crippen LogP contribution in [0.2, 0.25) is 0 Å². The quantitative estimate of drug-likeness (QED) is 0.727. The highest BCUT2D eigenvalue weighted by atomic mass is 32.2. The van der Waals surface area contributed by atoms with Gasteiger partial charge in [-0.25, -0.2) is 4.21 Å². The maximum Gasteiger partial charge on any atom is 0.256 e. The molecule has 1 aromatic heterocycles. The van der Waals surface area contributed by atoms with E-state index in [2.05, 4.69) is 16.4 Å². The number of nitrogens with zero attached hydrogens (tertiary/aromatic N) is 5. The standard InChI is InChI=1S/C18H31N5O3S/c1-7-8-14(21(4)5)18(25)22-9-10-23-15(12-22)16(11-19-23)27(6,26)20-17(24)13(2)3/h11,13-14H,7-10,12H2,1-6H3. The Bertz CT molecular complexity index is 821. The highest BCUT2D eigenvalue weighted by Gasteiger charge is 2.31. The number of aromatic nitrogens is 2. The molecule has 152 valence electrons. The molecule has 0 N–H and O–H groups in total. The molecule has 0 aromatic carbocycles. The number of fused-ring (bicyclic) bond motifs is 1.